The first-order valence-corrected chi connectivity index (χ1v) is 9.26. The molecular formula is C22H20N2O2S. The molecule has 0 aliphatic rings. The lowest BCUT2D eigenvalue weighted by Crippen LogP contribution is -2.33. The third kappa shape index (κ3) is 5.19. The predicted molar refractivity (Wildman–Crippen MR) is 113 cm³/mol. The van der Waals surface area contributed by atoms with Crippen LogP contribution in [0.4, 0.5) is 5.69 Å². The second kappa shape index (κ2) is 9.02. The SMILES string of the molecule is CCCCC#Cc1ccc(NC(=S)NC(=O)c2cc3ccccc3o2)cc1. The number of carbonyl (C=O) groups excluding carboxylic acids is 1. The Morgan fingerprint density at radius 2 is 1.93 bits per heavy atom. The van der Waals surface area contributed by atoms with Gasteiger partial charge in [-0.2, -0.15) is 0 Å². The van der Waals surface area contributed by atoms with Crippen LogP contribution in [-0.4, -0.2) is 11.0 Å². The quantitative estimate of drug-likeness (QED) is 0.378. The number of amides is 1. The van der Waals surface area contributed by atoms with E-state index < -0.39 is 0 Å². The van der Waals surface area contributed by atoms with Crippen LogP contribution in [0.25, 0.3) is 11.0 Å². The second-order valence-electron chi connectivity index (χ2n) is 6.04. The van der Waals surface area contributed by atoms with Gasteiger partial charge in [-0.25, -0.2) is 0 Å². The molecule has 1 amide bonds. The lowest BCUT2D eigenvalue weighted by molar-refractivity contribution is 0.0953. The van der Waals surface area contributed by atoms with E-state index in [4.69, 9.17) is 16.6 Å². The number of hydrogen-bond donors (Lipinski definition) is 2. The van der Waals surface area contributed by atoms with Crippen LogP contribution in [0.3, 0.4) is 0 Å². The van der Waals surface area contributed by atoms with Crippen LogP contribution in [0.5, 0.6) is 0 Å². The second-order valence-corrected chi connectivity index (χ2v) is 6.45. The van der Waals surface area contributed by atoms with Crippen LogP contribution in [0.15, 0.2) is 59.0 Å². The third-order valence-corrected chi connectivity index (χ3v) is 4.11. The van der Waals surface area contributed by atoms with Gasteiger partial charge < -0.3 is 9.73 Å². The minimum Gasteiger partial charge on any atom is -0.451 e. The largest absolute Gasteiger partial charge is 0.451 e. The number of nitrogens with one attached hydrogen (secondary N) is 2. The fourth-order valence-corrected chi connectivity index (χ4v) is 2.70. The number of benzene rings is 2. The summed E-state index contributed by atoms with van der Waals surface area (Å²) in [5, 5.41) is 6.70. The smallest absolute Gasteiger partial charge is 0.293 e. The molecular weight excluding hydrogens is 356 g/mol. The van der Waals surface area contributed by atoms with Gasteiger partial charge in [-0.05, 0) is 55.0 Å². The van der Waals surface area contributed by atoms with Gasteiger partial charge in [0.2, 0.25) is 0 Å². The van der Waals surface area contributed by atoms with Gasteiger partial charge in [-0.3, -0.25) is 10.1 Å². The standard InChI is InChI=1S/C22H20N2O2S/c1-2-3-4-5-8-16-11-13-18(14-12-16)23-22(27)24-21(25)20-15-17-9-6-7-10-19(17)26-20/h6-7,9-15H,2-4H2,1H3,(H2,23,24,25,27). The molecule has 5 heteroatoms. The topological polar surface area (TPSA) is 54.3 Å². The first kappa shape index (κ1) is 18.7. The highest BCUT2D eigenvalue weighted by molar-refractivity contribution is 7.80. The molecule has 0 spiro atoms. The Labute approximate surface area is 164 Å². The summed E-state index contributed by atoms with van der Waals surface area (Å²) in [6.07, 6.45) is 3.18. The number of fused-ring (bicyclic) bond motifs is 1. The van der Waals surface area contributed by atoms with Gasteiger partial charge in [0.15, 0.2) is 10.9 Å². The molecule has 0 saturated carbocycles. The Hall–Kier alpha value is -3.10. The maximum atomic E-state index is 12.3. The van der Waals surface area contributed by atoms with E-state index >= 15 is 0 Å². The Balaban J connectivity index is 1.56. The van der Waals surface area contributed by atoms with Crippen LogP contribution in [0, 0.1) is 11.8 Å². The Bertz CT molecular complexity index is 977. The van der Waals surface area contributed by atoms with Gasteiger partial charge in [0.05, 0.1) is 0 Å². The molecule has 1 heterocycles. The number of anilines is 1. The van der Waals surface area contributed by atoms with E-state index in [0.29, 0.717) is 5.58 Å². The Kier molecular flexibility index (Phi) is 6.24. The van der Waals surface area contributed by atoms with Crippen LogP contribution in [-0.2, 0) is 0 Å². The van der Waals surface area contributed by atoms with Crippen LogP contribution >= 0.6 is 12.2 Å². The van der Waals surface area contributed by atoms with E-state index in [1.807, 2.05) is 48.5 Å². The lowest BCUT2D eigenvalue weighted by Gasteiger charge is -2.08. The van der Waals surface area contributed by atoms with Crippen molar-refractivity contribution in [2.75, 3.05) is 5.32 Å². The summed E-state index contributed by atoms with van der Waals surface area (Å²) in [6.45, 7) is 2.15. The van der Waals surface area contributed by atoms with Crippen LogP contribution in [0.1, 0.15) is 42.3 Å². The maximum absolute atomic E-state index is 12.3. The maximum Gasteiger partial charge on any atom is 0.293 e. The minimum absolute atomic E-state index is 0.210. The third-order valence-electron chi connectivity index (χ3n) is 3.91. The number of furan rings is 1. The van der Waals surface area contributed by atoms with E-state index in [-0.39, 0.29) is 16.8 Å². The van der Waals surface area contributed by atoms with Crippen LogP contribution < -0.4 is 10.6 Å². The average Bonchev–Trinajstić information content (AvgIpc) is 3.11. The van der Waals surface area contributed by atoms with Crippen LogP contribution in [0.2, 0.25) is 0 Å². The zero-order valence-corrected chi connectivity index (χ0v) is 15.9. The number of hydrogen-bond acceptors (Lipinski definition) is 3. The number of para-hydroxylation sites is 1. The van der Waals surface area contributed by atoms with E-state index in [0.717, 1.165) is 35.9 Å². The van der Waals surface area contributed by atoms with E-state index in [1.165, 1.54) is 0 Å². The summed E-state index contributed by atoms with van der Waals surface area (Å²) in [5.74, 6) is 6.12. The van der Waals surface area contributed by atoms with E-state index in [2.05, 4.69) is 29.4 Å². The minimum atomic E-state index is -0.387. The van der Waals surface area contributed by atoms with Crippen molar-refractivity contribution in [3.8, 4) is 11.8 Å². The molecule has 0 atom stereocenters. The number of rotatable bonds is 4. The highest BCUT2D eigenvalue weighted by atomic mass is 32.1. The molecule has 4 nitrogen and oxygen atoms in total. The van der Waals surface area contributed by atoms with Gasteiger partial charge in [-0.1, -0.05) is 43.4 Å². The Morgan fingerprint density at radius 1 is 1.15 bits per heavy atom. The van der Waals surface area contributed by atoms with Crippen molar-refractivity contribution in [3.05, 3.63) is 65.9 Å². The number of carbonyl (C=O) groups is 1. The molecule has 0 saturated heterocycles. The highest BCUT2D eigenvalue weighted by Crippen LogP contribution is 2.18. The van der Waals surface area contributed by atoms with Crippen molar-refractivity contribution >= 4 is 39.9 Å². The van der Waals surface area contributed by atoms with Gasteiger partial charge in [0, 0.05) is 23.1 Å². The summed E-state index contributed by atoms with van der Waals surface area (Å²) < 4.78 is 5.54. The van der Waals surface area contributed by atoms with Gasteiger partial charge >= 0.3 is 0 Å². The molecule has 0 unspecified atom stereocenters. The molecule has 3 rings (SSSR count). The Morgan fingerprint density at radius 3 is 2.67 bits per heavy atom. The number of thiocarbonyl (C=S) groups is 1. The van der Waals surface area contributed by atoms with Crippen molar-refractivity contribution < 1.29 is 9.21 Å². The van der Waals surface area contributed by atoms with Crippen molar-refractivity contribution in [2.45, 2.75) is 26.2 Å². The highest BCUT2D eigenvalue weighted by Gasteiger charge is 2.13. The molecule has 1 aromatic heterocycles. The van der Waals surface area contributed by atoms with Crippen molar-refractivity contribution in [3.63, 3.8) is 0 Å². The summed E-state index contributed by atoms with van der Waals surface area (Å²) in [5.41, 5.74) is 2.40. The zero-order valence-electron chi connectivity index (χ0n) is 15.0. The van der Waals surface area contributed by atoms with E-state index in [1.54, 1.807) is 6.07 Å². The van der Waals surface area contributed by atoms with E-state index in [9.17, 15) is 4.79 Å². The summed E-state index contributed by atoms with van der Waals surface area (Å²) in [4.78, 5) is 12.3. The monoisotopic (exact) mass is 376 g/mol. The molecule has 2 N–H and O–H groups in total. The molecule has 0 aliphatic carbocycles. The molecule has 2 aromatic carbocycles. The van der Waals surface area contributed by atoms with Gasteiger partial charge in [0.25, 0.3) is 5.91 Å². The molecule has 0 fully saturated rings. The fourth-order valence-electron chi connectivity index (χ4n) is 2.49. The zero-order chi connectivity index (χ0) is 19.1. The first-order chi connectivity index (χ1) is 13.2. The van der Waals surface area contributed by atoms with Gasteiger partial charge in [0.1, 0.15) is 5.58 Å². The summed E-state index contributed by atoms with van der Waals surface area (Å²) >= 11 is 5.21. The fraction of sp³-hybridized carbons (Fsp3) is 0.182. The average molecular weight is 376 g/mol. The molecule has 136 valence electrons. The lowest BCUT2D eigenvalue weighted by atomic mass is 10.2. The summed E-state index contributed by atoms with van der Waals surface area (Å²) in [6, 6.07) is 16.7. The molecule has 0 aliphatic heterocycles. The van der Waals surface area contributed by atoms with Crippen molar-refractivity contribution in [1.82, 2.24) is 5.32 Å². The summed E-state index contributed by atoms with van der Waals surface area (Å²) in [7, 11) is 0. The first-order valence-electron chi connectivity index (χ1n) is 8.85. The van der Waals surface area contributed by atoms with Gasteiger partial charge in [-0.15, -0.1) is 0 Å². The molecule has 3 aromatic rings. The molecule has 0 bridgehead atoms. The predicted octanol–water partition coefficient (Wildman–Crippen LogP) is 5.10. The number of unbranched alkanes of at least 4 members (excludes halogenated alkanes) is 2. The van der Waals surface area contributed by atoms with Crippen molar-refractivity contribution in [1.29, 1.82) is 0 Å². The normalized spacial score (nSPS) is 10.1. The molecule has 0 radical (unpaired) electrons. The van der Waals surface area contributed by atoms with Crippen molar-refractivity contribution in [2.24, 2.45) is 0 Å². The molecule has 27 heavy (non-hydrogen) atoms.